The number of likely N-dealkylation sites (tertiary alicyclic amines) is 1. The number of imidazole rings is 1. The zero-order valence-electron chi connectivity index (χ0n) is 18.3. The van der Waals surface area contributed by atoms with Crippen molar-refractivity contribution in [3.05, 3.63) is 34.7 Å². The molecule has 1 saturated heterocycles. The van der Waals surface area contributed by atoms with Gasteiger partial charge in [0.1, 0.15) is 0 Å². The summed E-state index contributed by atoms with van der Waals surface area (Å²) in [6.45, 7) is 3.20. The third-order valence-corrected chi connectivity index (χ3v) is 9.27. The predicted octanol–water partition coefficient (Wildman–Crippen LogP) is 2.62. The zero-order valence-corrected chi connectivity index (χ0v) is 18.3. The van der Waals surface area contributed by atoms with Crippen LogP contribution in [0.15, 0.2) is 29.1 Å². The van der Waals surface area contributed by atoms with Gasteiger partial charge in [0.25, 0.3) is 0 Å². The number of aliphatic hydroxyl groups is 2. The van der Waals surface area contributed by atoms with Crippen LogP contribution in [0.3, 0.4) is 0 Å². The van der Waals surface area contributed by atoms with Crippen molar-refractivity contribution < 1.29 is 10.2 Å². The van der Waals surface area contributed by atoms with Gasteiger partial charge < -0.3 is 15.1 Å². The normalized spacial score (nSPS) is 31.1. The smallest absolute Gasteiger partial charge is 0.329 e. The van der Waals surface area contributed by atoms with E-state index in [1.807, 2.05) is 28.8 Å². The van der Waals surface area contributed by atoms with E-state index in [1.165, 1.54) is 38.6 Å². The fourth-order valence-electron chi connectivity index (χ4n) is 7.60. The van der Waals surface area contributed by atoms with Gasteiger partial charge in [0.15, 0.2) is 0 Å². The van der Waals surface area contributed by atoms with Crippen LogP contribution in [0.1, 0.15) is 51.0 Å². The van der Waals surface area contributed by atoms with Crippen LogP contribution >= 0.6 is 0 Å². The molecule has 4 atom stereocenters. The van der Waals surface area contributed by atoms with Crippen LogP contribution in [0, 0.1) is 23.2 Å². The number of nitrogens with zero attached hydrogens (tertiary/aromatic N) is 3. The Kier molecular flexibility index (Phi) is 4.82. The molecule has 6 heteroatoms. The molecule has 0 amide bonds. The molecule has 3 aliphatic carbocycles. The Labute approximate surface area is 183 Å². The second kappa shape index (κ2) is 7.46. The van der Waals surface area contributed by atoms with Gasteiger partial charge in [0, 0.05) is 25.7 Å². The standard InChI is InChI=1S/C25H35N3O3/c29-16-20(30)14-27-22-3-1-2-4-23(22)28(24(27)31)19-7-11-26(12-8-19)15-21-17-5-6-18(13-17)25(21)9-10-25/h1-4,17-21,29-30H,5-16H2/t17?,18?,20-,21+/m1/s1. The molecule has 2 unspecified atom stereocenters. The lowest BCUT2D eigenvalue weighted by Gasteiger charge is -2.39. The predicted molar refractivity (Wildman–Crippen MR) is 120 cm³/mol. The molecule has 4 aliphatic rings. The monoisotopic (exact) mass is 425 g/mol. The molecule has 3 saturated carbocycles. The van der Waals surface area contributed by atoms with Gasteiger partial charge in [-0.25, -0.2) is 4.79 Å². The highest BCUT2D eigenvalue weighted by Gasteiger charge is 2.63. The van der Waals surface area contributed by atoms with E-state index in [9.17, 15) is 15.0 Å². The Morgan fingerprint density at radius 1 is 1.06 bits per heavy atom. The summed E-state index contributed by atoms with van der Waals surface area (Å²) in [5, 5.41) is 19.2. The minimum absolute atomic E-state index is 0.0582. The number of rotatable bonds is 6. The lowest BCUT2D eigenvalue weighted by atomic mass is 9.76. The number of hydrogen-bond donors (Lipinski definition) is 2. The largest absolute Gasteiger partial charge is 0.394 e. The van der Waals surface area contributed by atoms with Crippen molar-refractivity contribution in [2.24, 2.45) is 23.2 Å². The molecule has 0 radical (unpaired) electrons. The van der Waals surface area contributed by atoms with Crippen LogP contribution in [0.5, 0.6) is 0 Å². The molecule has 1 aromatic carbocycles. The molecule has 2 heterocycles. The van der Waals surface area contributed by atoms with Crippen molar-refractivity contribution in [1.29, 1.82) is 0 Å². The summed E-state index contributed by atoms with van der Waals surface area (Å²) in [7, 11) is 0. The molecule has 168 valence electrons. The minimum Gasteiger partial charge on any atom is -0.394 e. The van der Waals surface area contributed by atoms with Gasteiger partial charge in [0.05, 0.1) is 30.3 Å². The highest BCUT2D eigenvalue weighted by molar-refractivity contribution is 5.76. The number of para-hydroxylation sites is 2. The Hall–Kier alpha value is -1.63. The lowest BCUT2D eigenvalue weighted by molar-refractivity contribution is 0.0806. The van der Waals surface area contributed by atoms with E-state index in [0.717, 1.165) is 60.1 Å². The third kappa shape index (κ3) is 3.13. The van der Waals surface area contributed by atoms with Gasteiger partial charge in [-0.2, -0.15) is 0 Å². The van der Waals surface area contributed by atoms with Gasteiger partial charge in [-0.1, -0.05) is 12.1 Å². The summed E-state index contributed by atoms with van der Waals surface area (Å²) in [6, 6.07) is 8.06. The second-order valence-electron chi connectivity index (χ2n) is 10.7. The molecule has 6 nitrogen and oxygen atoms in total. The van der Waals surface area contributed by atoms with Crippen molar-refractivity contribution >= 4 is 11.0 Å². The van der Waals surface area contributed by atoms with Crippen LogP contribution in [0.2, 0.25) is 0 Å². The molecule has 2 N–H and O–H groups in total. The molecular weight excluding hydrogens is 390 g/mol. The van der Waals surface area contributed by atoms with E-state index >= 15 is 0 Å². The number of aromatic nitrogens is 2. The zero-order chi connectivity index (χ0) is 21.2. The van der Waals surface area contributed by atoms with E-state index in [4.69, 9.17) is 0 Å². The SMILES string of the molecule is O=c1n(C[C@@H](O)CO)c2ccccc2n1C1CCN(C[C@H]2C3CCC(C3)C23CC3)CC1. The van der Waals surface area contributed by atoms with E-state index in [2.05, 4.69) is 4.90 Å². The van der Waals surface area contributed by atoms with Gasteiger partial charge in [-0.15, -0.1) is 0 Å². The van der Waals surface area contributed by atoms with E-state index in [-0.39, 0.29) is 24.9 Å². The summed E-state index contributed by atoms with van der Waals surface area (Å²) in [4.78, 5) is 16.0. The van der Waals surface area contributed by atoms with Crippen LogP contribution in [-0.4, -0.2) is 56.6 Å². The Morgan fingerprint density at radius 2 is 1.81 bits per heavy atom. The van der Waals surface area contributed by atoms with Gasteiger partial charge in [0.2, 0.25) is 0 Å². The molecule has 1 aromatic heterocycles. The molecule has 1 aliphatic heterocycles. The maximum absolute atomic E-state index is 13.3. The number of benzene rings is 1. The molecular formula is C25H35N3O3. The average Bonchev–Trinajstić information content (AvgIpc) is 3.21. The highest BCUT2D eigenvalue weighted by Crippen LogP contribution is 2.71. The van der Waals surface area contributed by atoms with Gasteiger partial charge in [-0.05, 0) is 80.2 Å². The van der Waals surface area contributed by atoms with Gasteiger partial charge >= 0.3 is 5.69 Å². The molecule has 4 fully saturated rings. The van der Waals surface area contributed by atoms with E-state index in [1.54, 1.807) is 4.57 Å². The Morgan fingerprint density at radius 3 is 2.52 bits per heavy atom. The summed E-state index contributed by atoms with van der Waals surface area (Å²) in [5.74, 6) is 2.93. The first-order valence-electron chi connectivity index (χ1n) is 12.3. The highest BCUT2D eigenvalue weighted by atomic mass is 16.3. The first-order valence-corrected chi connectivity index (χ1v) is 12.3. The van der Waals surface area contributed by atoms with Gasteiger partial charge in [-0.3, -0.25) is 9.13 Å². The summed E-state index contributed by atoms with van der Waals surface area (Å²) >= 11 is 0. The number of piperidine rings is 1. The van der Waals surface area contributed by atoms with Crippen LogP contribution < -0.4 is 5.69 Å². The summed E-state index contributed by atoms with van der Waals surface area (Å²) in [6.07, 6.45) is 8.48. The third-order valence-electron chi connectivity index (χ3n) is 9.27. The second-order valence-corrected chi connectivity index (χ2v) is 10.7. The van der Waals surface area contributed by atoms with E-state index < -0.39 is 6.10 Å². The summed E-state index contributed by atoms with van der Waals surface area (Å²) < 4.78 is 3.59. The van der Waals surface area contributed by atoms with Crippen molar-refractivity contribution in [3.8, 4) is 0 Å². The topological polar surface area (TPSA) is 70.6 Å². The van der Waals surface area contributed by atoms with Crippen molar-refractivity contribution in [1.82, 2.24) is 14.0 Å². The van der Waals surface area contributed by atoms with Crippen LogP contribution in [0.4, 0.5) is 0 Å². The quantitative estimate of drug-likeness (QED) is 0.747. The maximum Gasteiger partial charge on any atom is 0.329 e. The fraction of sp³-hybridized carbons (Fsp3) is 0.720. The Balaban J connectivity index is 1.19. The van der Waals surface area contributed by atoms with Crippen molar-refractivity contribution in [2.45, 2.75) is 63.6 Å². The molecule has 31 heavy (non-hydrogen) atoms. The fourth-order valence-corrected chi connectivity index (χ4v) is 7.60. The number of aliphatic hydroxyl groups excluding tert-OH is 2. The van der Waals surface area contributed by atoms with E-state index in [0.29, 0.717) is 0 Å². The minimum atomic E-state index is -0.921. The number of hydrogen-bond acceptors (Lipinski definition) is 4. The molecule has 2 aromatic rings. The molecule has 6 rings (SSSR count). The average molecular weight is 426 g/mol. The summed E-state index contributed by atoms with van der Waals surface area (Å²) in [5.41, 5.74) is 2.45. The molecule has 1 spiro atoms. The van der Waals surface area contributed by atoms with Crippen LogP contribution in [-0.2, 0) is 6.54 Å². The molecule has 2 bridgehead atoms. The maximum atomic E-state index is 13.3. The lowest BCUT2D eigenvalue weighted by Crippen LogP contribution is -2.42. The number of fused-ring (bicyclic) bond motifs is 4. The van der Waals surface area contributed by atoms with Crippen molar-refractivity contribution in [3.63, 3.8) is 0 Å². The van der Waals surface area contributed by atoms with Crippen molar-refractivity contribution in [2.75, 3.05) is 26.2 Å². The first kappa shape index (κ1) is 20.0. The Bertz CT molecular complexity index is 1010. The van der Waals surface area contributed by atoms with Crippen LogP contribution in [0.25, 0.3) is 11.0 Å². The first-order chi connectivity index (χ1) is 15.1.